The zero-order valence-corrected chi connectivity index (χ0v) is 29.2. The highest BCUT2D eigenvalue weighted by molar-refractivity contribution is 5.69. The van der Waals surface area contributed by atoms with Crippen molar-refractivity contribution in [2.24, 2.45) is 0 Å². The lowest BCUT2D eigenvalue weighted by Crippen LogP contribution is -2.67. The Morgan fingerprint density at radius 1 is 0.538 bits per heavy atom. The van der Waals surface area contributed by atoms with Crippen LogP contribution in [-0.2, 0) is 80.9 Å². The van der Waals surface area contributed by atoms with Gasteiger partial charge < -0.3 is 62.3 Å². The predicted octanol–water partition coefficient (Wildman–Crippen LogP) is 0.0963. The van der Waals surface area contributed by atoms with Crippen molar-refractivity contribution >= 4 is 41.8 Å². The molecule has 10 atom stereocenters. The summed E-state index contributed by atoms with van der Waals surface area (Å²) in [5.41, 5.74) is 0. The summed E-state index contributed by atoms with van der Waals surface area (Å²) in [7, 11) is 0. The second-order valence-corrected chi connectivity index (χ2v) is 11.4. The van der Waals surface area contributed by atoms with Crippen molar-refractivity contribution in [3.63, 3.8) is 0 Å². The molecule has 3 rings (SSSR count). The van der Waals surface area contributed by atoms with E-state index in [1.165, 1.54) is 12.1 Å². The first kappa shape index (κ1) is 41.2. The van der Waals surface area contributed by atoms with Gasteiger partial charge in [0.1, 0.15) is 31.5 Å². The van der Waals surface area contributed by atoms with E-state index in [0.29, 0.717) is 0 Å². The Hall–Kier alpha value is -5.21. The Morgan fingerprint density at radius 3 is 1.42 bits per heavy atom. The van der Waals surface area contributed by atoms with E-state index in [4.69, 9.17) is 52.1 Å². The molecule has 2 N–H and O–H groups in total. The maximum atomic E-state index is 12.5. The Kier molecular flexibility index (Phi) is 14.5. The first-order valence-corrected chi connectivity index (χ1v) is 15.6. The van der Waals surface area contributed by atoms with Crippen LogP contribution in [0.25, 0.3) is 0 Å². The number of phenolic OH excluding ortho intramolecular Hbond substituents is 2. The summed E-state index contributed by atoms with van der Waals surface area (Å²) in [4.78, 5) is 85.4. The lowest BCUT2D eigenvalue weighted by molar-refractivity contribution is -0.354. The van der Waals surface area contributed by atoms with E-state index in [2.05, 4.69) is 0 Å². The predicted molar refractivity (Wildman–Crippen MR) is 164 cm³/mol. The molecule has 1 aromatic carbocycles. The van der Waals surface area contributed by atoms with Gasteiger partial charge in [-0.2, -0.15) is 0 Å². The topological polar surface area (TPSA) is 261 Å². The van der Waals surface area contributed by atoms with Gasteiger partial charge in [-0.15, -0.1) is 0 Å². The van der Waals surface area contributed by atoms with Crippen LogP contribution >= 0.6 is 0 Å². The van der Waals surface area contributed by atoms with Crippen molar-refractivity contribution < 1.29 is 95.9 Å². The normalized spacial score (nSPS) is 28.3. The molecule has 0 aromatic heterocycles. The molecule has 2 aliphatic heterocycles. The monoisotopic (exact) mass is 744 g/mol. The number of carbonyl (C=O) groups is 7. The lowest BCUT2D eigenvalue weighted by atomic mass is 9.96. The summed E-state index contributed by atoms with van der Waals surface area (Å²) in [6, 6.07) is 3.69. The van der Waals surface area contributed by atoms with Gasteiger partial charge in [0.25, 0.3) is 0 Å². The van der Waals surface area contributed by atoms with Crippen LogP contribution in [0.1, 0.15) is 48.5 Å². The summed E-state index contributed by atoms with van der Waals surface area (Å²) in [6.45, 7) is 5.94. The second-order valence-electron chi connectivity index (χ2n) is 11.4. The first-order valence-electron chi connectivity index (χ1n) is 15.6. The number of ether oxygens (including phenoxy) is 11. The number of esters is 7. The number of rotatable bonds is 13. The number of hydrogen-bond donors (Lipinski definition) is 2. The molecule has 0 aliphatic carbocycles. The highest BCUT2D eigenvalue weighted by Crippen LogP contribution is 2.39. The molecular weight excluding hydrogens is 704 g/mol. The molecule has 0 saturated carbocycles. The van der Waals surface area contributed by atoms with Gasteiger partial charge in [-0.1, -0.05) is 6.07 Å². The van der Waals surface area contributed by atoms with Crippen LogP contribution in [0.3, 0.4) is 0 Å². The van der Waals surface area contributed by atoms with Crippen molar-refractivity contribution in [1.29, 1.82) is 0 Å². The standard InChI is InChI=1S/C32H40O20/c1-13(33)42-11-22-25(44-15(3)35)27(45-16(4)36)30(48-19(7)39)32(51-22)52-26-23(12-43-14(2)34)50-31(49-21-10-8-9-20(40)24(21)41)29(47-18(6)38)28(26)46-17(5)37/h8-10,22-23,25-32,40-41H,11-12H2,1-7H3/t22-,23-,25+,26-,27+,28+,29-,30-,31-,32+/m1/s1. The van der Waals surface area contributed by atoms with Gasteiger partial charge >= 0.3 is 41.8 Å². The highest BCUT2D eigenvalue weighted by Gasteiger charge is 2.58. The third-order valence-corrected chi connectivity index (χ3v) is 7.11. The minimum absolute atomic E-state index is 0.367. The fourth-order valence-electron chi connectivity index (χ4n) is 5.30. The minimum atomic E-state index is -1.86. The van der Waals surface area contributed by atoms with Gasteiger partial charge in [-0.05, 0) is 12.1 Å². The average Bonchev–Trinajstić information content (AvgIpc) is 3.01. The van der Waals surface area contributed by atoms with E-state index in [9.17, 15) is 43.8 Å². The number of para-hydroxylation sites is 1. The Bertz CT molecular complexity index is 1490. The zero-order chi connectivity index (χ0) is 38.9. The van der Waals surface area contributed by atoms with Crippen molar-refractivity contribution in [3.8, 4) is 17.2 Å². The van der Waals surface area contributed by atoms with Gasteiger partial charge in [-0.25, -0.2) is 0 Å². The molecule has 0 unspecified atom stereocenters. The van der Waals surface area contributed by atoms with Crippen LogP contribution < -0.4 is 4.74 Å². The highest BCUT2D eigenvalue weighted by atomic mass is 16.8. The molecule has 2 aliphatic rings. The van der Waals surface area contributed by atoms with Gasteiger partial charge in [0.05, 0.1) is 0 Å². The molecule has 0 radical (unpaired) electrons. The minimum Gasteiger partial charge on any atom is -0.504 e. The Labute approximate surface area is 296 Å². The summed E-state index contributed by atoms with van der Waals surface area (Å²) in [5, 5.41) is 20.4. The van der Waals surface area contributed by atoms with Gasteiger partial charge in [-0.3, -0.25) is 33.6 Å². The summed E-state index contributed by atoms with van der Waals surface area (Å²) < 4.78 is 61.6. The summed E-state index contributed by atoms with van der Waals surface area (Å²) in [5.74, 6) is -7.93. The molecule has 0 amide bonds. The van der Waals surface area contributed by atoms with Crippen molar-refractivity contribution in [2.75, 3.05) is 13.2 Å². The number of carbonyl (C=O) groups excluding carboxylic acids is 7. The molecule has 0 bridgehead atoms. The first-order chi connectivity index (χ1) is 24.4. The van der Waals surface area contributed by atoms with Crippen molar-refractivity contribution in [1.82, 2.24) is 0 Å². The van der Waals surface area contributed by atoms with Crippen LogP contribution in [-0.4, -0.2) is 127 Å². The maximum Gasteiger partial charge on any atom is 0.303 e. The lowest BCUT2D eigenvalue weighted by Gasteiger charge is -2.48. The van der Waals surface area contributed by atoms with E-state index in [0.717, 1.165) is 54.5 Å². The van der Waals surface area contributed by atoms with E-state index >= 15 is 0 Å². The zero-order valence-electron chi connectivity index (χ0n) is 29.2. The largest absolute Gasteiger partial charge is 0.504 e. The molecule has 2 saturated heterocycles. The fraction of sp³-hybridized carbons (Fsp3) is 0.594. The number of phenols is 2. The summed E-state index contributed by atoms with van der Waals surface area (Å²) >= 11 is 0. The molecule has 1 aromatic rings. The molecule has 2 heterocycles. The second kappa shape index (κ2) is 18.3. The molecule has 52 heavy (non-hydrogen) atoms. The quantitative estimate of drug-likeness (QED) is 0.154. The molecule has 0 spiro atoms. The van der Waals surface area contributed by atoms with Crippen LogP contribution in [0.2, 0.25) is 0 Å². The van der Waals surface area contributed by atoms with Crippen molar-refractivity contribution in [2.45, 2.75) is 110 Å². The number of aromatic hydroxyl groups is 2. The Morgan fingerprint density at radius 2 is 0.942 bits per heavy atom. The fourth-order valence-corrected chi connectivity index (χ4v) is 5.30. The smallest absolute Gasteiger partial charge is 0.303 e. The van der Waals surface area contributed by atoms with Crippen LogP contribution in [0.15, 0.2) is 18.2 Å². The van der Waals surface area contributed by atoms with E-state index in [1.54, 1.807) is 0 Å². The molecule has 2 fully saturated rings. The number of hydrogen-bond acceptors (Lipinski definition) is 20. The molecular formula is C32H40O20. The molecule has 20 nitrogen and oxygen atoms in total. The van der Waals surface area contributed by atoms with Crippen LogP contribution in [0.4, 0.5) is 0 Å². The van der Waals surface area contributed by atoms with Crippen LogP contribution in [0.5, 0.6) is 17.2 Å². The van der Waals surface area contributed by atoms with Crippen LogP contribution in [0, 0.1) is 0 Å². The van der Waals surface area contributed by atoms with E-state index < -0.39 is 128 Å². The van der Waals surface area contributed by atoms with Gasteiger partial charge in [0, 0.05) is 48.5 Å². The Balaban J connectivity index is 2.19. The van der Waals surface area contributed by atoms with E-state index in [1.807, 2.05) is 0 Å². The number of benzene rings is 1. The summed E-state index contributed by atoms with van der Waals surface area (Å²) in [6.07, 6.45) is -16.7. The van der Waals surface area contributed by atoms with Gasteiger partial charge in [0.2, 0.25) is 18.1 Å². The van der Waals surface area contributed by atoms with Crippen molar-refractivity contribution in [3.05, 3.63) is 18.2 Å². The van der Waals surface area contributed by atoms with Gasteiger partial charge in [0.15, 0.2) is 42.2 Å². The third-order valence-electron chi connectivity index (χ3n) is 7.11. The van der Waals surface area contributed by atoms with E-state index in [-0.39, 0.29) is 5.75 Å². The SMILES string of the molecule is CC(=O)OC[C@H]1O[C@@H](O[C@H]2[C@H](OC(C)=O)[C@@H](OC(C)=O)[C@H](Oc3cccc(O)c3O)O[C@@H]2COC(C)=O)[C@H](OC(C)=O)[C@@H](OC(C)=O)[C@H]1OC(C)=O. The molecule has 288 valence electrons. The average molecular weight is 745 g/mol. The maximum absolute atomic E-state index is 12.5. The molecule has 20 heteroatoms. The third kappa shape index (κ3) is 11.4.